The van der Waals surface area contributed by atoms with Crippen LogP contribution in [0.25, 0.3) is 10.9 Å². The molecule has 3 N–H and O–H groups in total. The van der Waals surface area contributed by atoms with Gasteiger partial charge in [-0.25, -0.2) is 9.37 Å². The molecule has 2 aromatic carbocycles. The summed E-state index contributed by atoms with van der Waals surface area (Å²) in [6.45, 7) is 0. The SMILES string of the molecule is CNc1cc(Oc2ccc(N)cc2F)c2cc(OC)ccc2n1. The van der Waals surface area contributed by atoms with Crippen LogP contribution in [-0.2, 0) is 0 Å². The van der Waals surface area contributed by atoms with Crippen molar-refractivity contribution in [1.82, 2.24) is 4.98 Å². The van der Waals surface area contributed by atoms with Gasteiger partial charge >= 0.3 is 0 Å². The Morgan fingerprint density at radius 3 is 2.61 bits per heavy atom. The van der Waals surface area contributed by atoms with Crippen molar-refractivity contribution < 1.29 is 13.9 Å². The summed E-state index contributed by atoms with van der Waals surface area (Å²) in [6.07, 6.45) is 0. The third kappa shape index (κ3) is 2.96. The summed E-state index contributed by atoms with van der Waals surface area (Å²) in [6, 6.07) is 11.4. The number of fused-ring (bicyclic) bond motifs is 1. The molecule has 23 heavy (non-hydrogen) atoms. The van der Waals surface area contributed by atoms with Gasteiger partial charge in [0.25, 0.3) is 0 Å². The monoisotopic (exact) mass is 313 g/mol. The van der Waals surface area contributed by atoms with Crippen molar-refractivity contribution in [3.63, 3.8) is 0 Å². The van der Waals surface area contributed by atoms with Crippen LogP contribution in [0.1, 0.15) is 0 Å². The van der Waals surface area contributed by atoms with Gasteiger partial charge in [-0.2, -0.15) is 0 Å². The number of methoxy groups -OCH3 is 1. The van der Waals surface area contributed by atoms with Crippen molar-refractivity contribution in [3.05, 3.63) is 48.3 Å². The molecule has 1 heterocycles. The molecule has 0 radical (unpaired) electrons. The fourth-order valence-electron chi connectivity index (χ4n) is 2.23. The molecule has 0 fully saturated rings. The third-order valence-electron chi connectivity index (χ3n) is 3.41. The Labute approximate surface area is 132 Å². The van der Waals surface area contributed by atoms with Gasteiger partial charge in [-0.1, -0.05) is 0 Å². The van der Waals surface area contributed by atoms with Gasteiger partial charge in [0.2, 0.25) is 0 Å². The third-order valence-corrected chi connectivity index (χ3v) is 3.41. The van der Waals surface area contributed by atoms with E-state index in [1.54, 1.807) is 32.4 Å². The van der Waals surface area contributed by atoms with Crippen LogP contribution >= 0.6 is 0 Å². The first-order valence-corrected chi connectivity index (χ1v) is 7.00. The van der Waals surface area contributed by atoms with Crippen LogP contribution in [0, 0.1) is 5.82 Å². The lowest BCUT2D eigenvalue weighted by Crippen LogP contribution is -1.97. The molecule has 0 spiro atoms. The van der Waals surface area contributed by atoms with Gasteiger partial charge in [-0.3, -0.25) is 0 Å². The topological polar surface area (TPSA) is 69.4 Å². The first kappa shape index (κ1) is 14.9. The maximum Gasteiger partial charge on any atom is 0.167 e. The summed E-state index contributed by atoms with van der Waals surface area (Å²) in [5, 5.41) is 3.68. The molecule has 1 aromatic heterocycles. The van der Waals surface area contributed by atoms with Gasteiger partial charge in [0, 0.05) is 30.3 Å². The number of rotatable bonds is 4. The maximum atomic E-state index is 14.0. The molecular formula is C17H16FN3O2. The second-order valence-electron chi connectivity index (χ2n) is 4.93. The molecule has 0 aliphatic carbocycles. The number of aromatic nitrogens is 1. The van der Waals surface area contributed by atoms with E-state index in [4.69, 9.17) is 15.2 Å². The molecule has 0 atom stereocenters. The predicted octanol–water partition coefficient (Wildman–Crippen LogP) is 3.80. The van der Waals surface area contributed by atoms with Gasteiger partial charge in [0.05, 0.1) is 12.6 Å². The van der Waals surface area contributed by atoms with E-state index in [1.165, 1.54) is 12.1 Å². The number of nitrogens with one attached hydrogen (secondary N) is 1. The predicted molar refractivity (Wildman–Crippen MR) is 88.7 cm³/mol. The second-order valence-corrected chi connectivity index (χ2v) is 4.93. The Hall–Kier alpha value is -3.02. The number of hydrogen-bond donors (Lipinski definition) is 2. The van der Waals surface area contributed by atoms with Gasteiger partial charge in [-0.15, -0.1) is 0 Å². The Morgan fingerprint density at radius 2 is 1.91 bits per heavy atom. The molecule has 0 amide bonds. The highest BCUT2D eigenvalue weighted by Crippen LogP contribution is 2.34. The number of nitrogens with two attached hydrogens (primary N) is 1. The van der Waals surface area contributed by atoms with E-state index in [-0.39, 0.29) is 5.75 Å². The lowest BCUT2D eigenvalue weighted by Gasteiger charge is -2.12. The number of ether oxygens (including phenoxy) is 2. The average Bonchev–Trinajstić information content (AvgIpc) is 2.56. The molecular weight excluding hydrogens is 297 g/mol. The molecule has 0 saturated heterocycles. The van der Waals surface area contributed by atoms with Gasteiger partial charge in [-0.05, 0) is 30.3 Å². The minimum atomic E-state index is -0.524. The summed E-state index contributed by atoms with van der Waals surface area (Å²) in [7, 11) is 3.34. The van der Waals surface area contributed by atoms with Gasteiger partial charge in [0.1, 0.15) is 17.3 Å². The molecule has 0 aliphatic heterocycles. The first-order valence-electron chi connectivity index (χ1n) is 7.00. The minimum Gasteiger partial charge on any atom is -0.497 e. The molecule has 0 saturated carbocycles. The van der Waals surface area contributed by atoms with Crippen molar-refractivity contribution in [2.24, 2.45) is 0 Å². The van der Waals surface area contributed by atoms with Crippen LogP contribution in [0.4, 0.5) is 15.9 Å². The summed E-state index contributed by atoms with van der Waals surface area (Å²) in [5.41, 5.74) is 6.61. The average molecular weight is 313 g/mol. The zero-order valence-electron chi connectivity index (χ0n) is 12.8. The zero-order chi connectivity index (χ0) is 16.4. The molecule has 3 rings (SSSR count). The molecule has 6 heteroatoms. The Kier molecular flexibility index (Phi) is 3.89. The van der Waals surface area contributed by atoms with E-state index in [9.17, 15) is 4.39 Å². The van der Waals surface area contributed by atoms with E-state index < -0.39 is 5.82 Å². The van der Waals surface area contributed by atoms with Gasteiger partial charge in [0.15, 0.2) is 11.6 Å². The molecule has 0 bridgehead atoms. The molecule has 3 aromatic rings. The number of pyridine rings is 1. The highest BCUT2D eigenvalue weighted by Gasteiger charge is 2.11. The molecule has 5 nitrogen and oxygen atoms in total. The number of anilines is 2. The van der Waals surface area contributed by atoms with Crippen LogP contribution in [0.5, 0.6) is 17.2 Å². The molecule has 0 unspecified atom stereocenters. The van der Waals surface area contributed by atoms with Crippen LogP contribution in [0.15, 0.2) is 42.5 Å². The fraction of sp³-hybridized carbons (Fsp3) is 0.118. The lowest BCUT2D eigenvalue weighted by atomic mass is 10.2. The van der Waals surface area contributed by atoms with E-state index in [1.807, 2.05) is 12.1 Å². The normalized spacial score (nSPS) is 10.6. The first-order chi connectivity index (χ1) is 11.1. The van der Waals surface area contributed by atoms with Crippen LogP contribution < -0.4 is 20.5 Å². The van der Waals surface area contributed by atoms with Crippen molar-refractivity contribution in [3.8, 4) is 17.2 Å². The van der Waals surface area contributed by atoms with Crippen LogP contribution in [0.3, 0.4) is 0 Å². The number of benzene rings is 2. The standard InChI is InChI=1S/C17H16FN3O2/c1-20-17-9-16(23-15-6-3-10(19)7-13(15)18)12-8-11(22-2)4-5-14(12)21-17/h3-9H,19H2,1-2H3,(H,20,21). The number of nitrogen functional groups attached to an aromatic ring is 1. The molecule has 0 aliphatic rings. The van der Waals surface area contributed by atoms with Crippen LogP contribution in [0.2, 0.25) is 0 Å². The van der Waals surface area contributed by atoms with Crippen molar-refractivity contribution in [1.29, 1.82) is 0 Å². The highest BCUT2D eigenvalue weighted by molar-refractivity contribution is 5.88. The Morgan fingerprint density at radius 1 is 1.09 bits per heavy atom. The quantitative estimate of drug-likeness (QED) is 0.717. The maximum absolute atomic E-state index is 14.0. The summed E-state index contributed by atoms with van der Waals surface area (Å²) in [4.78, 5) is 4.45. The second kappa shape index (κ2) is 6.00. The van der Waals surface area contributed by atoms with Gasteiger partial charge < -0.3 is 20.5 Å². The van der Waals surface area contributed by atoms with Crippen LogP contribution in [-0.4, -0.2) is 19.1 Å². The largest absolute Gasteiger partial charge is 0.497 e. The lowest BCUT2D eigenvalue weighted by molar-refractivity contribution is 0.415. The summed E-state index contributed by atoms with van der Waals surface area (Å²) >= 11 is 0. The number of halogens is 1. The highest BCUT2D eigenvalue weighted by atomic mass is 19.1. The Bertz CT molecular complexity index is 868. The molecule has 118 valence electrons. The van der Waals surface area contributed by atoms with Crippen molar-refractivity contribution in [2.45, 2.75) is 0 Å². The van der Waals surface area contributed by atoms with E-state index in [2.05, 4.69) is 10.3 Å². The van der Waals surface area contributed by atoms with E-state index in [0.29, 0.717) is 28.5 Å². The fourth-order valence-corrected chi connectivity index (χ4v) is 2.23. The summed E-state index contributed by atoms with van der Waals surface area (Å²) < 4.78 is 25.0. The Balaban J connectivity index is 2.13. The van der Waals surface area contributed by atoms with Crippen molar-refractivity contribution >= 4 is 22.4 Å². The number of hydrogen-bond acceptors (Lipinski definition) is 5. The summed E-state index contributed by atoms with van der Waals surface area (Å²) in [5.74, 6) is 1.33. The van der Waals surface area contributed by atoms with Crippen molar-refractivity contribution in [2.75, 3.05) is 25.2 Å². The minimum absolute atomic E-state index is 0.0940. The van der Waals surface area contributed by atoms with E-state index >= 15 is 0 Å². The zero-order valence-corrected chi connectivity index (χ0v) is 12.8. The smallest absolute Gasteiger partial charge is 0.167 e. The van der Waals surface area contributed by atoms with E-state index in [0.717, 1.165) is 5.39 Å². The number of nitrogens with zero attached hydrogens (tertiary/aromatic N) is 1.